The lowest BCUT2D eigenvalue weighted by Gasteiger charge is -2.26. The van der Waals surface area contributed by atoms with Crippen molar-refractivity contribution in [2.24, 2.45) is 0 Å². The molecule has 0 spiro atoms. The number of aryl methyl sites for hydroxylation is 1. The second-order valence-corrected chi connectivity index (χ2v) is 15.1. The summed E-state index contributed by atoms with van der Waals surface area (Å²) in [5, 5.41) is 30.2. The van der Waals surface area contributed by atoms with E-state index in [1.165, 1.54) is 11.3 Å². The molecular weight excluding hydrogens is 832 g/mol. The average Bonchev–Trinajstić information content (AvgIpc) is 3.78. The molecule has 0 saturated heterocycles. The molecular formula is C44H42F3N5O9S. The van der Waals surface area contributed by atoms with Gasteiger partial charge in [0.15, 0.2) is 6.61 Å². The van der Waals surface area contributed by atoms with Crippen molar-refractivity contribution in [3.8, 4) is 16.9 Å². The summed E-state index contributed by atoms with van der Waals surface area (Å²) in [6.07, 6.45) is -0.960. The van der Waals surface area contributed by atoms with Crippen molar-refractivity contribution in [2.45, 2.75) is 62.4 Å². The molecule has 3 aromatic carbocycles. The first-order chi connectivity index (χ1) is 29.6. The lowest BCUT2D eigenvalue weighted by atomic mass is 9.99. The second kappa shape index (κ2) is 22.0. The van der Waals surface area contributed by atoms with Gasteiger partial charge in [-0.1, -0.05) is 72.8 Å². The van der Waals surface area contributed by atoms with Gasteiger partial charge in [0.25, 0.3) is 5.91 Å². The number of pyridine rings is 1. The third-order valence-corrected chi connectivity index (χ3v) is 10.4. The van der Waals surface area contributed by atoms with Crippen molar-refractivity contribution in [1.29, 1.82) is 0 Å². The zero-order valence-corrected chi connectivity index (χ0v) is 33.7. The molecule has 5 aromatic rings. The fourth-order valence-electron chi connectivity index (χ4n) is 6.25. The normalized spacial score (nSPS) is 18.8. The van der Waals surface area contributed by atoms with Crippen LogP contribution in [-0.4, -0.2) is 87.7 Å². The van der Waals surface area contributed by atoms with Crippen LogP contribution in [0.3, 0.4) is 0 Å². The minimum Gasteiger partial charge on any atom is -0.484 e. The third-order valence-electron chi connectivity index (χ3n) is 9.47. The number of alkyl halides is 3. The summed E-state index contributed by atoms with van der Waals surface area (Å²) in [5.41, 5.74) is 4.14. The highest BCUT2D eigenvalue weighted by Gasteiger charge is 2.38. The molecule has 4 atom stereocenters. The highest BCUT2D eigenvalue weighted by atomic mass is 32.1. The van der Waals surface area contributed by atoms with Crippen LogP contribution in [0, 0.1) is 0 Å². The maximum atomic E-state index is 14.3. The predicted molar refractivity (Wildman–Crippen MR) is 221 cm³/mol. The molecule has 0 unspecified atom stereocenters. The van der Waals surface area contributed by atoms with E-state index in [2.05, 4.69) is 26.3 Å². The quantitative estimate of drug-likeness (QED) is 0.114. The van der Waals surface area contributed by atoms with Crippen molar-refractivity contribution in [2.75, 3.05) is 6.61 Å². The number of rotatable bonds is 9. The predicted octanol–water partition coefficient (Wildman–Crippen LogP) is 4.52. The Morgan fingerprint density at radius 3 is 1.89 bits per heavy atom. The summed E-state index contributed by atoms with van der Waals surface area (Å²) in [7, 11) is 0. The van der Waals surface area contributed by atoms with Crippen molar-refractivity contribution < 1.29 is 56.9 Å². The van der Waals surface area contributed by atoms with Gasteiger partial charge in [-0.3, -0.25) is 24.2 Å². The van der Waals surface area contributed by atoms with Gasteiger partial charge in [0.2, 0.25) is 17.7 Å². The fourth-order valence-corrected chi connectivity index (χ4v) is 7.00. The largest absolute Gasteiger partial charge is 0.490 e. The first-order valence-corrected chi connectivity index (χ1v) is 20.0. The number of nitrogens with zero attached hydrogens (tertiary/aromatic N) is 1. The summed E-state index contributed by atoms with van der Waals surface area (Å²) >= 11 is 1.43. The van der Waals surface area contributed by atoms with E-state index in [4.69, 9.17) is 14.6 Å². The number of carbonyl (C=O) groups excluding carboxylic acids is 4. The molecule has 4 heterocycles. The molecule has 62 heavy (non-hydrogen) atoms. The lowest BCUT2D eigenvalue weighted by molar-refractivity contribution is -0.192. The molecule has 4 amide bonds. The van der Waals surface area contributed by atoms with Crippen LogP contribution in [0.25, 0.3) is 11.1 Å². The van der Waals surface area contributed by atoms with E-state index >= 15 is 0 Å². The maximum Gasteiger partial charge on any atom is 0.490 e. The molecule has 2 aliphatic heterocycles. The van der Waals surface area contributed by atoms with Crippen molar-refractivity contribution in [3.05, 3.63) is 142 Å². The van der Waals surface area contributed by atoms with Crippen molar-refractivity contribution in [3.63, 3.8) is 0 Å². The van der Waals surface area contributed by atoms with Crippen LogP contribution in [0.5, 0.6) is 5.75 Å². The highest BCUT2D eigenvalue weighted by Crippen LogP contribution is 2.20. The first-order valence-electron chi connectivity index (χ1n) is 19.2. The van der Waals surface area contributed by atoms with Gasteiger partial charge in [-0.15, -0.1) is 11.3 Å². The molecule has 14 nitrogen and oxygen atoms in total. The summed E-state index contributed by atoms with van der Waals surface area (Å²) in [6.45, 7) is -0.391. The topological polar surface area (TPSA) is 213 Å². The van der Waals surface area contributed by atoms with Gasteiger partial charge in [0, 0.05) is 36.5 Å². The number of benzene rings is 3. The van der Waals surface area contributed by atoms with Crippen molar-refractivity contribution >= 4 is 46.9 Å². The number of aromatic nitrogens is 1. The number of amides is 4. The number of fused-ring (bicyclic) bond motifs is 16. The zero-order valence-electron chi connectivity index (χ0n) is 32.8. The molecule has 2 aromatic heterocycles. The van der Waals surface area contributed by atoms with E-state index in [0.717, 1.165) is 27.1 Å². The lowest BCUT2D eigenvalue weighted by Crippen LogP contribution is -2.59. The number of hydrogen-bond acceptors (Lipinski definition) is 9. The van der Waals surface area contributed by atoms with Crippen molar-refractivity contribution in [1.82, 2.24) is 26.3 Å². The monoisotopic (exact) mass is 873 g/mol. The number of halogens is 3. The number of thiophene rings is 1. The number of ether oxygens (including phenoxy) is 1. The van der Waals surface area contributed by atoms with E-state index < -0.39 is 72.5 Å². The van der Waals surface area contributed by atoms with Crippen LogP contribution in [0.1, 0.15) is 28.0 Å². The number of carboxylic acid groups (broad SMARTS) is 2. The molecule has 0 fully saturated rings. The number of carboxylic acids is 2. The Morgan fingerprint density at radius 1 is 0.694 bits per heavy atom. The van der Waals surface area contributed by atoms with Gasteiger partial charge >= 0.3 is 18.1 Å². The van der Waals surface area contributed by atoms with E-state index in [1.807, 2.05) is 84.2 Å². The van der Waals surface area contributed by atoms with Crippen LogP contribution in [0.2, 0.25) is 0 Å². The molecule has 0 aliphatic carbocycles. The molecule has 6 N–H and O–H groups in total. The molecule has 2 aliphatic rings. The Kier molecular flexibility index (Phi) is 16.3. The van der Waals surface area contributed by atoms with Crippen LogP contribution in [0.15, 0.2) is 121 Å². The SMILES string of the molecule is O=C(O)C(F)(F)F.O=C1COc2ccc(cc2)C[C@@H](C(=O)O)NC(=O)[C@H](CCc2ccccc2)NC(=O)[C@@H](Cc2ccc(-c3ccncc3)cc2)NC(=O)[C@H](Cc2cccs2)N1. The van der Waals surface area contributed by atoms with Gasteiger partial charge < -0.3 is 36.2 Å². The van der Waals surface area contributed by atoms with Gasteiger partial charge in [-0.05, 0) is 76.4 Å². The van der Waals surface area contributed by atoms with Crippen LogP contribution in [0.4, 0.5) is 13.2 Å². The molecule has 2 bridgehead atoms. The number of aliphatic carboxylic acids is 2. The molecule has 18 heteroatoms. The Bertz CT molecular complexity index is 2280. The van der Waals surface area contributed by atoms with Crippen LogP contribution >= 0.6 is 11.3 Å². The zero-order chi connectivity index (χ0) is 44.6. The summed E-state index contributed by atoms with van der Waals surface area (Å²) in [4.78, 5) is 81.7. The summed E-state index contributed by atoms with van der Waals surface area (Å²) in [5.74, 6) is -6.12. The number of nitrogens with one attached hydrogen (secondary N) is 4. The van der Waals surface area contributed by atoms with E-state index in [-0.39, 0.29) is 25.7 Å². The van der Waals surface area contributed by atoms with Gasteiger partial charge in [0.05, 0.1) is 0 Å². The van der Waals surface area contributed by atoms with Gasteiger partial charge in [-0.25, -0.2) is 9.59 Å². The Hall–Kier alpha value is -7.08. The standard InChI is InChI=1S/C42H41N5O7S.C2HF3O2/c48-38-26-54-32-15-10-29(11-16-32)24-37(42(52)53)47-39(49)34(17-12-27-5-2-1-3-6-27)45-40(50)35(46-41(51)36(44-38)25-33-7-4-22-55-33)23-28-8-13-30(14-9-28)31-18-20-43-21-19-31;3-2(4,5)1(6)7/h1-11,13-16,18-22,34-37H,12,17,23-26H2,(H,44,48)(H,45,50)(H,46,51)(H,47,49)(H,52,53);(H,6,7)/t34-,35+,36-,37-;/m0./s1. The van der Waals surface area contributed by atoms with E-state index in [1.54, 1.807) is 36.7 Å². The average molecular weight is 874 g/mol. The Balaban J connectivity index is 0.000000955. The van der Waals surface area contributed by atoms with Gasteiger partial charge in [-0.2, -0.15) is 13.2 Å². The minimum absolute atomic E-state index is 0.0419. The summed E-state index contributed by atoms with van der Waals surface area (Å²) < 4.78 is 37.4. The molecule has 0 radical (unpaired) electrons. The molecule has 7 rings (SSSR count). The smallest absolute Gasteiger partial charge is 0.484 e. The van der Waals surface area contributed by atoms with Crippen LogP contribution in [-0.2, 0) is 54.5 Å². The van der Waals surface area contributed by atoms with Crippen LogP contribution < -0.4 is 26.0 Å². The summed E-state index contributed by atoms with van der Waals surface area (Å²) in [6, 6.07) is 26.2. The Labute approximate surface area is 357 Å². The maximum absolute atomic E-state index is 14.3. The minimum atomic E-state index is -5.08. The molecule has 324 valence electrons. The number of hydrogen-bond donors (Lipinski definition) is 6. The fraction of sp³-hybridized carbons (Fsp3) is 0.250. The first kappa shape index (κ1) is 46.0. The molecule has 0 saturated carbocycles. The highest BCUT2D eigenvalue weighted by molar-refractivity contribution is 7.09. The van der Waals surface area contributed by atoms with E-state index in [9.17, 15) is 42.3 Å². The second-order valence-electron chi connectivity index (χ2n) is 14.0. The van der Waals surface area contributed by atoms with Gasteiger partial charge in [0.1, 0.15) is 29.9 Å². The number of carbonyl (C=O) groups is 6. The van der Waals surface area contributed by atoms with E-state index in [0.29, 0.717) is 17.7 Å². The third kappa shape index (κ3) is 14.3. The Morgan fingerprint density at radius 2 is 1.29 bits per heavy atom.